The van der Waals surface area contributed by atoms with Crippen molar-refractivity contribution in [2.45, 2.75) is 13.1 Å². The van der Waals surface area contributed by atoms with Crippen molar-refractivity contribution in [3.63, 3.8) is 0 Å². The van der Waals surface area contributed by atoms with Gasteiger partial charge in [-0.25, -0.2) is 4.39 Å². The summed E-state index contributed by atoms with van der Waals surface area (Å²) in [5.74, 6) is 0.745. The van der Waals surface area contributed by atoms with Crippen LogP contribution >= 0.6 is 0 Å². The Morgan fingerprint density at radius 2 is 1.96 bits per heavy atom. The van der Waals surface area contributed by atoms with E-state index in [0.29, 0.717) is 0 Å². The standard InChI is InChI=1S/C20H29FN6O/c1-22-20(23-8-9-25(2)15-17-3-5-18(21)6-4-17)27-12-10-26(11-13-27)16-19-7-14-28-24-19/h3-7,14H,8-13,15-16H2,1-2H3,(H,22,23). The van der Waals surface area contributed by atoms with Gasteiger partial charge in [0.1, 0.15) is 12.1 Å². The number of aliphatic imine (C=N–C) groups is 1. The summed E-state index contributed by atoms with van der Waals surface area (Å²) >= 11 is 0. The molecule has 1 saturated heterocycles. The second-order valence-electron chi connectivity index (χ2n) is 7.09. The fourth-order valence-electron chi connectivity index (χ4n) is 3.34. The molecular formula is C20H29FN6O. The van der Waals surface area contributed by atoms with Crippen molar-refractivity contribution in [3.05, 3.63) is 53.7 Å². The zero-order valence-corrected chi connectivity index (χ0v) is 16.6. The number of aromatic nitrogens is 1. The van der Waals surface area contributed by atoms with E-state index < -0.39 is 0 Å². The van der Waals surface area contributed by atoms with Crippen molar-refractivity contribution >= 4 is 5.96 Å². The van der Waals surface area contributed by atoms with Gasteiger partial charge in [0.2, 0.25) is 0 Å². The fourth-order valence-corrected chi connectivity index (χ4v) is 3.34. The maximum atomic E-state index is 13.0. The SMILES string of the molecule is CN=C(NCCN(C)Cc1ccc(F)cc1)N1CCN(Cc2ccon2)CC1. The number of hydrogen-bond acceptors (Lipinski definition) is 5. The van der Waals surface area contributed by atoms with Crippen LogP contribution in [0.2, 0.25) is 0 Å². The normalized spacial score (nSPS) is 16.0. The lowest BCUT2D eigenvalue weighted by atomic mass is 10.2. The molecule has 0 aliphatic carbocycles. The number of benzene rings is 1. The predicted molar refractivity (Wildman–Crippen MR) is 107 cm³/mol. The smallest absolute Gasteiger partial charge is 0.193 e. The molecule has 8 heteroatoms. The van der Waals surface area contributed by atoms with E-state index in [1.165, 1.54) is 12.1 Å². The Kier molecular flexibility index (Phi) is 7.39. The molecule has 1 aliphatic rings. The number of nitrogens with zero attached hydrogens (tertiary/aromatic N) is 5. The summed E-state index contributed by atoms with van der Waals surface area (Å²) in [5, 5.41) is 7.44. The van der Waals surface area contributed by atoms with Crippen LogP contribution in [-0.2, 0) is 13.1 Å². The minimum atomic E-state index is -0.196. The van der Waals surface area contributed by atoms with Crippen molar-refractivity contribution in [1.29, 1.82) is 0 Å². The van der Waals surface area contributed by atoms with Crippen LogP contribution in [-0.4, -0.2) is 79.2 Å². The molecule has 0 unspecified atom stereocenters. The first-order valence-corrected chi connectivity index (χ1v) is 9.64. The Balaban J connectivity index is 1.37. The first-order valence-electron chi connectivity index (χ1n) is 9.64. The highest BCUT2D eigenvalue weighted by Gasteiger charge is 2.20. The van der Waals surface area contributed by atoms with Crippen molar-refractivity contribution < 1.29 is 8.91 Å². The molecule has 1 aromatic carbocycles. The number of halogens is 1. The van der Waals surface area contributed by atoms with Gasteiger partial charge in [0, 0.05) is 65.5 Å². The van der Waals surface area contributed by atoms with Gasteiger partial charge in [-0.3, -0.25) is 9.89 Å². The van der Waals surface area contributed by atoms with Crippen molar-refractivity contribution in [3.8, 4) is 0 Å². The molecular weight excluding hydrogens is 359 g/mol. The van der Waals surface area contributed by atoms with Gasteiger partial charge >= 0.3 is 0 Å². The van der Waals surface area contributed by atoms with E-state index in [-0.39, 0.29) is 5.82 Å². The molecule has 0 atom stereocenters. The number of likely N-dealkylation sites (N-methyl/N-ethyl adjacent to an activating group) is 1. The number of rotatable bonds is 7. The molecule has 1 aromatic heterocycles. The minimum Gasteiger partial charge on any atom is -0.364 e. The molecule has 1 aliphatic heterocycles. The summed E-state index contributed by atoms with van der Waals surface area (Å²) in [5.41, 5.74) is 2.08. The highest BCUT2D eigenvalue weighted by Crippen LogP contribution is 2.08. The number of guanidine groups is 1. The molecule has 1 fully saturated rings. The monoisotopic (exact) mass is 388 g/mol. The largest absolute Gasteiger partial charge is 0.364 e. The third kappa shape index (κ3) is 6.03. The van der Waals surface area contributed by atoms with Crippen LogP contribution in [0.3, 0.4) is 0 Å². The molecule has 0 spiro atoms. The lowest BCUT2D eigenvalue weighted by molar-refractivity contribution is 0.168. The maximum absolute atomic E-state index is 13.0. The van der Waals surface area contributed by atoms with Gasteiger partial charge in [0.25, 0.3) is 0 Å². The Bertz CT molecular complexity index is 726. The van der Waals surface area contributed by atoms with E-state index in [0.717, 1.165) is 69.6 Å². The molecule has 152 valence electrons. The predicted octanol–water partition coefficient (Wildman–Crippen LogP) is 1.64. The van der Waals surface area contributed by atoms with Gasteiger partial charge in [0.05, 0.1) is 5.69 Å². The minimum absolute atomic E-state index is 0.196. The van der Waals surface area contributed by atoms with Gasteiger partial charge in [-0.05, 0) is 24.7 Å². The first kappa shape index (κ1) is 20.3. The quantitative estimate of drug-likeness (QED) is 0.575. The van der Waals surface area contributed by atoms with Crippen LogP contribution in [0.25, 0.3) is 0 Å². The summed E-state index contributed by atoms with van der Waals surface area (Å²) in [6.07, 6.45) is 1.62. The van der Waals surface area contributed by atoms with Crippen LogP contribution < -0.4 is 5.32 Å². The fraction of sp³-hybridized carbons (Fsp3) is 0.500. The average Bonchev–Trinajstić information content (AvgIpc) is 3.21. The molecule has 7 nitrogen and oxygen atoms in total. The second kappa shape index (κ2) is 10.2. The van der Waals surface area contributed by atoms with E-state index in [4.69, 9.17) is 4.52 Å². The molecule has 0 amide bonds. The highest BCUT2D eigenvalue weighted by molar-refractivity contribution is 5.80. The Morgan fingerprint density at radius 3 is 2.61 bits per heavy atom. The van der Waals surface area contributed by atoms with E-state index in [9.17, 15) is 4.39 Å². The van der Waals surface area contributed by atoms with Crippen LogP contribution in [0.15, 0.2) is 46.1 Å². The summed E-state index contributed by atoms with van der Waals surface area (Å²) in [6, 6.07) is 8.58. The van der Waals surface area contributed by atoms with Crippen LogP contribution in [0.5, 0.6) is 0 Å². The number of nitrogens with one attached hydrogen (secondary N) is 1. The van der Waals surface area contributed by atoms with E-state index in [1.54, 1.807) is 6.26 Å². The molecule has 0 bridgehead atoms. The number of hydrogen-bond donors (Lipinski definition) is 1. The van der Waals surface area contributed by atoms with E-state index in [1.807, 2.05) is 25.2 Å². The second-order valence-corrected chi connectivity index (χ2v) is 7.09. The van der Waals surface area contributed by atoms with Gasteiger partial charge in [-0.1, -0.05) is 17.3 Å². The van der Waals surface area contributed by atoms with Crippen molar-refractivity contribution in [2.24, 2.45) is 4.99 Å². The third-order valence-corrected chi connectivity index (χ3v) is 4.90. The summed E-state index contributed by atoms with van der Waals surface area (Å²) in [4.78, 5) is 11.3. The summed E-state index contributed by atoms with van der Waals surface area (Å²) in [6.45, 7) is 7.11. The van der Waals surface area contributed by atoms with Crippen molar-refractivity contribution in [2.75, 3.05) is 53.4 Å². The van der Waals surface area contributed by atoms with Gasteiger partial charge < -0.3 is 19.6 Å². The highest BCUT2D eigenvalue weighted by atomic mass is 19.1. The molecule has 28 heavy (non-hydrogen) atoms. The number of piperazine rings is 1. The van der Waals surface area contributed by atoms with Gasteiger partial charge in [-0.15, -0.1) is 0 Å². The van der Waals surface area contributed by atoms with Crippen LogP contribution in [0.1, 0.15) is 11.3 Å². The van der Waals surface area contributed by atoms with Crippen molar-refractivity contribution in [1.82, 2.24) is 25.2 Å². The van der Waals surface area contributed by atoms with Gasteiger partial charge in [-0.2, -0.15) is 0 Å². The molecule has 0 radical (unpaired) electrons. The Hall–Kier alpha value is -2.45. The summed E-state index contributed by atoms with van der Waals surface area (Å²) < 4.78 is 17.9. The molecule has 2 heterocycles. The lowest BCUT2D eigenvalue weighted by Gasteiger charge is -2.36. The van der Waals surface area contributed by atoms with E-state index >= 15 is 0 Å². The van der Waals surface area contributed by atoms with Crippen LogP contribution in [0.4, 0.5) is 4.39 Å². The molecule has 3 rings (SSSR count). The third-order valence-electron chi connectivity index (χ3n) is 4.90. The lowest BCUT2D eigenvalue weighted by Crippen LogP contribution is -2.52. The van der Waals surface area contributed by atoms with E-state index in [2.05, 4.69) is 37.2 Å². The first-order chi connectivity index (χ1) is 13.6. The maximum Gasteiger partial charge on any atom is 0.193 e. The zero-order valence-electron chi connectivity index (χ0n) is 16.6. The Labute approximate surface area is 165 Å². The topological polar surface area (TPSA) is 60.1 Å². The average molecular weight is 388 g/mol. The molecule has 0 saturated carbocycles. The van der Waals surface area contributed by atoms with Gasteiger partial charge in [0.15, 0.2) is 5.96 Å². The Morgan fingerprint density at radius 1 is 1.21 bits per heavy atom. The summed E-state index contributed by atoms with van der Waals surface area (Å²) in [7, 11) is 3.89. The molecule has 2 aromatic rings. The van der Waals surface area contributed by atoms with Crippen LogP contribution in [0, 0.1) is 5.82 Å². The zero-order chi connectivity index (χ0) is 19.8. The molecule has 1 N–H and O–H groups in total.